The molecule has 28 heteroatoms. The molecule has 0 bridgehead atoms. The molecule has 0 radical (unpaired) electrons. The summed E-state index contributed by atoms with van der Waals surface area (Å²) in [5, 5.41) is 3.39. The van der Waals surface area contributed by atoms with Gasteiger partial charge >= 0.3 is 0 Å². The van der Waals surface area contributed by atoms with Gasteiger partial charge in [-0.05, 0) is 194 Å². The van der Waals surface area contributed by atoms with Crippen molar-refractivity contribution in [3.63, 3.8) is 0 Å². The van der Waals surface area contributed by atoms with Crippen molar-refractivity contribution in [3.8, 4) is 5.75 Å². The molecule has 0 aliphatic heterocycles. The van der Waals surface area contributed by atoms with Crippen molar-refractivity contribution in [2.24, 2.45) is 5.92 Å². The molecule has 8 heterocycles. The van der Waals surface area contributed by atoms with Gasteiger partial charge < -0.3 is 47.9 Å². The SMILES string of the molecule is CCCCCN(Cc1nc2cccnc2n1C1CCCC1)C(=O)c1c(F)ccc(F)c1F.CCCCN(Cc1nc2cccnc2n1CCC)C(=O)c1ccccc1Br.CCCN(Cc1nc2cccnc2n1CCC)C(=O)c1ccc(F)c(F)c1.CCCn1c(CN(CCC(C)C)C(=O)c2cccc(OCCNCc3ccccc3)c2)nc2cccnc21. The molecule has 1 N–H and O–H groups in total. The van der Waals surface area contributed by atoms with Crippen LogP contribution in [-0.4, -0.2) is 141 Å². The monoisotopic (exact) mass is 1760 g/mol. The molecule has 8 aromatic heterocycles. The molecule has 1 aliphatic rings. The Morgan fingerprint density at radius 3 is 1.48 bits per heavy atom. The van der Waals surface area contributed by atoms with E-state index >= 15 is 0 Å². The number of halogens is 6. The molecule has 5 aromatic carbocycles. The number of aromatic nitrogens is 12. The Labute approximate surface area is 730 Å². The lowest BCUT2D eigenvalue weighted by Crippen LogP contribution is -2.34. The molecule has 14 rings (SSSR count). The third-order valence-electron chi connectivity index (χ3n) is 21.4. The zero-order chi connectivity index (χ0) is 88.0. The van der Waals surface area contributed by atoms with Crippen molar-refractivity contribution in [3.05, 3.63) is 267 Å². The van der Waals surface area contributed by atoms with Crippen LogP contribution in [0.3, 0.4) is 0 Å². The van der Waals surface area contributed by atoms with Crippen molar-refractivity contribution < 1.29 is 45.9 Å². The van der Waals surface area contributed by atoms with Crippen LogP contribution in [0.1, 0.15) is 222 Å². The highest BCUT2D eigenvalue weighted by Gasteiger charge is 2.31. The fourth-order valence-electron chi connectivity index (χ4n) is 15.1. The van der Waals surface area contributed by atoms with Crippen LogP contribution < -0.4 is 10.1 Å². The molecule has 1 saturated carbocycles. The number of pyridine rings is 4. The number of nitrogens with zero attached hydrogens (tertiary/aromatic N) is 16. The Bertz CT molecular complexity index is 5660. The second-order valence-electron chi connectivity index (χ2n) is 31.3. The third kappa shape index (κ3) is 24.4. The summed E-state index contributed by atoms with van der Waals surface area (Å²) in [6.45, 7) is 24.7. The quantitative estimate of drug-likeness (QED) is 0.0217. The lowest BCUT2D eigenvalue weighted by molar-refractivity contribution is 0.0716. The van der Waals surface area contributed by atoms with Gasteiger partial charge in [0.2, 0.25) is 0 Å². The number of ether oxygens (including phenoxy) is 1. The zero-order valence-electron chi connectivity index (χ0n) is 72.2. The van der Waals surface area contributed by atoms with E-state index in [0.29, 0.717) is 87.0 Å². The van der Waals surface area contributed by atoms with Crippen LogP contribution in [0.4, 0.5) is 22.0 Å². The Kier molecular flexibility index (Phi) is 35.1. The second kappa shape index (κ2) is 46.7. The minimum absolute atomic E-state index is 0.0126. The van der Waals surface area contributed by atoms with Gasteiger partial charge in [-0.3, -0.25) is 19.2 Å². The highest BCUT2D eigenvalue weighted by molar-refractivity contribution is 9.10. The summed E-state index contributed by atoms with van der Waals surface area (Å²) in [6, 6.07) is 45.4. The molecule has 0 spiro atoms. The molecular weight excluding hydrogens is 1650 g/mol. The first-order valence-electron chi connectivity index (χ1n) is 43.5. The number of nitrogens with one attached hydrogen (secondary N) is 1. The number of rotatable bonds is 37. The standard InChI is InChI=1S/C31H39N5O2.C24H27F3N4O.C21H25BrN4O.C20H22F2N4O/c1-4-18-36-29(34-28-14-9-16-33-30(28)36)23-35(19-15-24(2)3)31(37)26-12-8-13-27(21-26)38-20-17-32-22-25-10-6-5-7-11-25;1-2-3-6-14-30(24(32)21-17(25)11-12-18(26)22(21)27)15-20-29-19-10-7-13-28-23(19)31(20)16-8-4-5-9-16;1-3-5-14-25(21(27)16-9-6-7-10-17(16)22)15-19-24-18-11-8-12-23-20(18)26(19)13-4-2;1-3-10-25(20(27)14-7-8-15(21)16(22)12-14)13-18-24-17-6-5-9-23-19(17)26(18)11-4-2/h5-14,16,21,24,32H,4,15,17-20,22-23H2,1-3H3;7,10-13,16H,2-6,8-9,14-15H2,1H3;6-12H,3-5,13-15H2,1-2H3;5-9,12H,3-4,10-11,13H2,1-2H3. The number of amides is 4. The number of hydrogen-bond acceptors (Lipinski definition) is 14. The second-order valence-corrected chi connectivity index (χ2v) is 32.1. The van der Waals surface area contributed by atoms with E-state index in [1.165, 1.54) is 16.5 Å². The number of fused-ring (bicyclic) bond motifs is 4. The minimum Gasteiger partial charge on any atom is -0.492 e. The van der Waals surface area contributed by atoms with E-state index in [2.05, 4.69) is 114 Å². The van der Waals surface area contributed by atoms with Crippen molar-refractivity contribution in [2.45, 2.75) is 204 Å². The smallest absolute Gasteiger partial charge is 0.260 e. The summed E-state index contributed by atoms with van der Waals surface area (Å²) in [6.07, 6.45) is 20.2. The summed E-state index contributed by atoms with van der Waals surface area (Å²) in [4.78, 5) is 96.7. The predicted molar refractivity (Wildman–Crippen MR) is 479 cm³/mol. The third-order valence-corrected chi connectivity index (χ3v) is 22.1. The van der Waals surface area contributed by atoms with Crippen molar-refractivity contribution in [2.75, 3.05) is 39.3 Å². The number of carbonyl (C=O) groups excluding carboxylic acids is 4. The Hall–Kier alpha value is -11.7. The summed E-state index contributed by atoms with van der Waals surface area (Å²) in [5.41, 5.74) is 8.35. The Morgan fingerprint density at radius 1 is 0.460 bits per heavy atom. The maximum Gasteiger partial charge on any atom is 0.260 e. The lowest BCUT2D eigenvalue weighted by Gasteiger charge is -2.25. The largest absolute Gasteiger partial charge is 0.492 e. The van der Waals surface area contributed by atoms with Crippen LogP contribution in [0.5, 0.6) is 5.75 Å². The number of aryl methyl sites for hydroxylation is 3. The zero-order valence-corrected chi connectivity index (χ0v) is 73.8. The van der Waals surface area contributed by atoms with Gasteiger partial charge in [0.25, 0.3) is 23.6 Å². The number of hydrogen-bond donors (Lipinski definition) is 1. The van der Waals surface area contributed by atoms with E-state index in [1.54, 1.807) is 35.8 Å². The topological polar surface area (TPSA) is 225 Å². The number of carbonyl (C=O) groups is 4. The molecule has 0 atom stereocenters. The van der Waals surface area contributed by atoms with Crippen LogP contribution in [-0.2, 0) is 52.4 Å². The molecule has 13 aromatic rings. The van der Waals surface area contributed by atoms with Crippen LogP contribution in [0.25, 0.3) is 44.7 Å². The molecule has 0 saturated heterocycles. The van der Waals surface area contributed by atoms with Gasteiger partial charge in [0.15, 0.2) is 45.9 Å². The van der Waals surface area contributed by atoms with Crippen LogP contribution >= 0.6 is 15.9 Å². The van der Waals surface area contributed by atoms with Crippen LogP contribution in [0, 0.1) is 35.0 Å². The van der Waals surface area contributed by atoms with Crippen LogP contribution in [0.15, 0.2) is 187 Å². The van der Waals surface area contributed by atoms with E-state index in [1.807, 2.05) is 137 Å². The minimum atomic E-state index is -1.46. The Balaban J connectivity index is 0.000000162. The molecule has 654 valence electrons. The van der Waals surface area contributed by atoms with Gasteiger partial charge in [-0.2, -0.15) is 0 Å². The van der Waals surface area contributed by atoms with Gasteiger partial charge in [0.1, 0.15) is 69.1 Å². The lowest BCUT2D eigenvalue weighted by atomic mass is 10.1. The first kappa shape index (κ1) is 93.1. The maximum atomic E-state index is 14.4. The van der Waals surface area contributed by atoms with E-state index in [0.717, 1.165) is 201 Å². The molecule has 124 heavy (non-hydrogen) atoms. The molecular formula is C96H113BrF5N17O5. The normalized spacial score (nSPS) is 12.0. The summed E-state index contributed by atoms with van der Waals surface area (Å²) < 4.78 is 84.5. The fourth-order valence-corrected chi connectivity index (χ4v) is 15.6. The van der Waals surface area contributed by atoms with Gasteiger partial charge in [0.05, 0.1) is 31.7 Å². The highest BCUT2D eigenvalue weighted by Crippen LogP contribution is 2.35. The van der Waals surface area contributed by atoms with Gasteiger partial charge in [-0.15, -0.1) is 0 Å². The first-order valence-corrected chi connectivity index (χ1v) is 44.2. The molecule has 1 fully saturated rings. The van der Waals surface area contributed by atoms with Crippen molar-refractivity contribution >= 4 is 84.2 Å². The number of benzene rings is 5. The summed E-state index contributed by atoms with van der Waals surface area (Å²) in [5.74, 6) is -2.66. The Morgan fingerprint density at radius 2 is 0.944 bits per heavy atom. The van der Waals surface area contributed by atoms with Crippen LogP contribution in [0.2, 0.25) is 0 Å². The van der Waals surface area contributed by atoms with E-state index in [4.69, 9.17) is 19.7 Å². The van der Waals surface area contributed by atoms with E-state index < -0.39 is 40.6 Å². The average molecular weight is 1760 g/mol. The fraction of sp³-hybridized carbons (Fsp3) is 0.396. The molecule has 0 unspecified atom stereocenters. The number of unbranched alkanes of at least 4 members (excludes halogenated alkanes) is 3. The molecule has 1 aliphatic carbocycles. The molecule has 4 amide bonds. The highest BCUT2D eigenvalue weighted by atomic mass is 79.9. The van der Waals surface area contributed by atoms with Gasteiger partial charge in [0, 0.05) is 105 Å². The predicted octanol–water partition coefficient (Wildman–Crippen LogP) is 20.7. The summed E-state index contributed by atoms with van der Waals surface area (Å²) in [7, 11) is 0. The first-order chi connectivity index (χ1) is 60.2. The van der Waals surface area contributed by atoms with E-state index in [9.17, 15) is 41.1 Å². The van der Waals surface area contributed by atoms with Crippen molar-refractivity contribution in [1.29, 1.82) is 0 Å². The van der Waals surface area contributed by atoms with Crippen molar-refractivity contribution in [1.82, 2.24) is 83.1 Å². The van der Waals surface area contributed by atoms with Gasteiger partial charge in [-0.25, -0.2) is 61.8 Å². The maximum absolute atomic E-state index is 14.4. The average Bonchev–Trinajstić information content (AvgIpc) is 1.64. The summed E-state index contributed by atoms with van der Waals surface area (Å²) >= 11 is 3.51. The van der Waals surface area contributed by atoms with Gasteiger partial charge in [-0.1, -0.05) is 136 Å². The molecule has 22 nitrogen and oxygen atoms in total. The number of imidazole rings is 4. The van der Waals surface area contributed by atoms with E-state index in [-0.39, 0.29) is 42.4 Å².